The van der Waals surface area contributed by atoms with E-state index in [1.807, 2.05) is 0 Å². The van der Waals surface area contributed by atoms with Gasteiger partial charge in [-0.2, -0.15) is 0 Å². The first-order valence-corrected chi connectivity index (χ1v) is 7.06. The lowest BCUT2D eigenvalue weighted by Gasteiger charge is -2.12. The minimum atomic E-state index is 0.198. The number of anilines is 1. The molecule has 1 aromatic rings. The van der Waals surface area contributed by atoms with E-state index in [0.29, 0.717) is 5.15 Å². The Kier molecular flexibility index (Phi) is 4.05. The molecule has 0 aromatic carbocycles. The summed E-state index contributed by atoms with van der Waals surface area (Å²) in [6, 6.07) is 0.198. The lowest BCUT2D eigenvalue weighted by molar-refractivity contribution is 0.651. The first-order valence-electron chi connectivity index (χ1n) is 5.86. The highest BCUT2D eigenvalue weighted by atomic mass is 35.5. The summed E-state index contributed by atoms with van der Waals surface area (Å²) in [5, 5.41) is 1.72. The van der Waals surface area contributed by atoms with Gasteiger partial charge in [0.05, 0.1) is 0 Å². The third-order valence-electron chi connectivity index (χ3n) is 2.99. The normalized spacial score (nSPS) is 18.1. The fraction of sp³-hybridized carbons (Fsp3) is 0.727. The lowest BCUT2D eigenvalue weighted by Crippen LogP contribution is -2.20. The van der Waals surface area contributed by atoms with Crippen LogP contribution in [0.2, 0.25) is 5.15 Å². The van der Waals surface area contributed by atoms with E-state index in [0.717, 1.165) is 35.9 Å². The number of halogens is 1. The smallest absolute Gasteiger partial charge is 0.187 e. The van der Waals surface area contributed by atoms with E-state index in [2.05, 4.69) is 16.8 Å². The van der Waals surface area contributed by atoms with Crippen LogP contribution in [-0.4, -0.2) is 24.1 Å². The molecule has 0 saturated carbocycles. The number of thiazole rings is 1. The predicted octanol–water partition coefficient (Wildman–Crippen LogP) is 2.68. The van der Waals surface area contributed by atoms with Crippen LogP contribution in [0.3, 0.4) is 0 Å². The highest BCUT2D eigenvalue weighted by molar-refractivity contribution is 7.16. The molecule has 2 heterocycles. The zero-order chi connectivity index (χ0) is 11.5. The van der Waals surface area contributed by atoms with Crippen LogP contribution in [0.15, 0.2) is 0 Å². The molecule has 0 bridgehead atoms. The van der Waals surface area contributed by atoms with Crippen LogP contribution in [0, 0.1) is 0 Å². The quantitative estimate of drug-likeness (QED) is 0.904. The Balaban J connectivity index is 2.08. The van der Waals surface area contributed by atoms with Crippen molar-refractivity contribution >= 4 is 28.1 Å². The monoisotopic (exact) mass is 259 g/mol. The summed E-state index contributed by atoms with van der Waals surface area (Å²) in [5.74, 6) is 0. The molecule has 0 radical (unpaired) electrons. The van der Waals surface area contributed by atoms with Gasteiger partial charge in [-0.3, -0.25) is 0 Å². The summed E-state index contributed by atoms with van der Waals surface area (Å²) < 4.78 is 0. The van der Waals surface area contributed by atoms with E-state index in [9.17, 15) is 0 Å². The first-order chi connectivity index (χ1) is 7.70. The molecule has 16 heavy (non-hydrogen) atoms. The second-order valence-corrected chi connectivity index (χ2v) is 5.70. The maximum absolute atomic E-state index is 6.14. The van der Waals surface area contributed by atoms with Gasteiger partial charge in [0.25, 0.3) is 0 Å². The number of hydrogen-bond acceptors (Lipinski definition) is 4. The Morgan fingerprint density at radius 2 is 2.19 bits per heavy atom. The SMILES string of the molecule is CCC(N)Cc1sc(N2CCCC2)nc1Cl. The van der Waals surface area contributed by atoms with Crippen molar-refractivity contribution in [3.63, 3.8) is 0 Å². The average Bonchev–Trinajstić information content (AvgIpc) is 2.88. The van der Waals surface area contributed by atoms with Gasteiger partial charge in [-0.15, -0.1) is 11.3 Å². The number of hydrogen-bond donors (Lipinski definition) is 1. The second-order valence-electron chi connectivity index (χ2n) is 4.28. The Morgan fingerprint density at radius 1 is 1.50 bits per heavy atom. The standard InChI is InChI=1S/C11H18ClN3S/c1-2-8(13)7-9-10(12)14-11(16-9)15-5-3-4-6-15/h8H,2-7,13H2,1H3. The highest BCUT2D eigenvalue weighted by Gasteiger charge is 2.19. The highest BCUT2D eigenvalue weighted by Crippen LogP contribution is 2.32. The van der Waals surface area contributed by atoms with Crippen molar-refractivity contribution in [2.24, 2.45) is 5.73 Å². The molecule has 3 nitrogen and oxygen atoms in total. The van der Waals surface area contributed by atoms with Crippen molar-refractivity contribution < 1.29 is 0 Å². The Morgan fingerprint density at radius 3 is 2.81 bits per heavy atom. The average molecular weight is 260 g/mol. The number of rotatable bonds is 4. The molecule has 5 heteroatoms. The van der Waals surface area contributed by atoms with Crippen LogP contribution in [0.5, 0.6) is 0 Å². The zero-order valence-corrected chi connectivity index (χ0v) is 11.2. The van der Waals surface area contributed by atoms with Gasteiger partial charge in [0.15, 0.2) is 5.13 Å². The molecule has 0 aliphatic carbocycles. The van der Waals surface area contributed by atoms with Crippen molar-refractivity contribution in [2.75, 3.05) is 18.0 Å². The summed E-state index contributed by atoms with van der Waals surface area (Å²) in [7, 11) is 0. The molecule has 1 aromatic heterocycles. The van der Waals surface area contributed by atoms with Crippen LogP contribution < -0.4 is 10.6 Å². The van der Waals surface area contributed by atoms with Crippen molar-refractivity contribution in [1.82, 2.24) is 4.98 Å². The number of aromatic nitrogens is 1. The summed E-state index contributed by atoms with van der Waals surface area (Å²) in [6.45, 7) is 4.33. The van der Waals surface area contributed by atoms with E-state index < -0.39 is 0 Å². The largest absolute Gasteiger partial charge is 0.348 e. The van der Waals surface area contributed by atoms with E-state index >= 15 is 0 Å². The minimum absolute atomic E-state index is 0.198. The molecule has 1 fully saturated rings. The van der Waals surface area contributed by atoms with E-state index in [1.165, 1.54) is 12.8 Å². The summed E-state index contributed by atoms with van der Waals surface area (Å²) >= 11 is 7.84. The summed E-state index contributed by atoms with van der Waals surface area (Å²) in [5.41, 5.74) is 5.94. The maximum atomic E-state index is 6.14. The maximum Gasteiger partial charge on any atom is 0.187 e. The van der Waals surface area contributed by atoms with Gasteiger partial charge in [-0.1, -0.05) is 18.5 Å². The van der Waals surface area contributed by atoms with Gasteiger partial charge < -0.3 is 10.6 Å². The van der Waals surface area contributed by atoms with Crippen molar-refractivity contribution in [2.45, 2.75) is 38.6 Å². The molecule has 1 atom stereocenters. The first kappa shape index (κ1) is 12.1. The molecular weight excluding hydrogens is 242 g/mol. The number of nitrogens with zero attached hydrogens (tertiary/aromatic N) is 2. The Hall–Kier alpha value is -0.320. The van der Waals surface area contributed by atoms with E-state index in [1.54, 1.807) is 11.3 Å². The fourth-order valence-electron chi connectivity index (χ4n) is 1.87. The van der Waals surface area contributed by atoms with Crippen molar-refractivity contribution in [3.05, 3.63) is 10.0 Å². The minimum Gasteiger partial charge on any atom is -0.348 e. The van der Waals surface area contributed by atoms with Crippen LogP contribution in [0.4, 0.5) is 5.13 Å². The molecule has 90 valence electrons. The van der Waals surface area contributed by atoms with Gasteiger partial charge in [-0.05, 0) is 19.3 Å². The van der Waals surface area contributed by atoms with Crippen LogP contribution in [0.1, 0.15) is 31.1 Å². The molecule has 1 aliphatic heterocycles. The molecule has 1 saturated heterocycles. The third kappa shape index (κ3) is 2.67. The Bertz CT molecular complexity index is 347. The summed E-state index contributed by atoms with van der Waals surface area (Å²) in [6.07, 6.45) is 4.36. The zero-order valence-electron chi connectivity index (χ0n) is 9.58. The number of nitrogens with two attached hydrogens (primary N) is 1. The third-order valence-corrected chi connectivity index (χ3v) is 4.55. The van der Waals surface area contributed by atoms with Gasteiger partial charge in [0.2, 0.25) is 0 Å². The van der Waals surface area contributed by atoms with Crippen LogP contribution >= 0.6 is 22.9 Å². The molecule has 1 aliphatic rings. The molecule has 2 rings (SSSR count). The van der Waals surface area contributed by atoms with Crippen LogP contribution in [-0.2, 0) is 6.42 Å². The van der Waals surface area contributed by atoms with Gasteiger partial charge in [-0.25, -0.2) is 4.98 Å². The lowest BCUT2D eigenvalue weighted by atomic mass is 10.1. The topological polar surface area (TPSA) is 42.1 Å². The van der Waals surface area contributed by atoms with Crippen LogP contribution in [0.25, 0.3) is 0 Å². The predicted molar refractivity (Wildman–Crippen MR) is 70.5 cm³/mol. The molecule has 2 N–H and O–H groups in total. The molecular formula is C11H18ClN3S. The van der Waals surface area contributed by atoms with Gasteiger partial charge >= 0.3 is 0 Å². The molecule has 1 unspecified atom stereocenters. The summed E-state index contributed by atoms with van der Waals surface area (Å²) in [4.78, 5) is 7.89. The fourth-order valence-corrected chi connectivity index (χ4v) is 3.29. The Labute approximate surface area is 106 Å². The van der Waals surface area contributed by atoms with Crippen molar-refractivity contribution in [1.29, 1.82) is 0 Å². The second kappa shape index (κ2) is 5.34. The van der Waals surface area contributed by atoms with E-state index in [-0.39, 0.29) is 6.04 Å². The van der Waals surface area contributed by atoms with Crippen molar-refractivity contribution in [3.8, 4) is 0 Å². The van der Waals surface area contributed by atoms with Gasteiger partial charge in [0.1, 0.15) is 5.15 Å². The van der Waals surface area contributed by atoms with Gasteiger partial charge in [0, 0.05) is 30.4 Å². The molecule has 0 amide bonds. The van der Waals surface area contributed by atoms with E-state index in [4.69, 9.17) is 17.3 Å². The molecule has 0 spiro atoms.